The summed E-state index contributed by atoms with van der Waals surface area (Å²) in [4.78, 5) is 20.8. The second-order valence-corrected chi connectivity index (χ2v) is 6.40. The summed E-state index contributed by atoms with van der Waals surface area (Å²) in [5.74, 6) is 0.676. The smallest absolute Gasteiger partial charge is 0.257 e. The molecule has 1 N–H and O–H groups in total. The van der Waals surface area contributed by atoms with Crippen LogP contribution in [0.5, 0.6) is 0 Å². The minimum absolute atomic E-state index is 0.0919. The van der Waals surface area contributed by atoms with Crippen molar-refractivity contribution in [3.8, 4) is 0 Å². The van der Waals surface area contributed by atoms with Crippen LogP contribution in [-0.4, -0.2) is 53.2 Å². The van der Waals surface area contributed by atoms with Crippen LogP contribution in [0.4, 0.5) is 5.82 Å². The van der Waals surface area contributed by atoms with Crippen LogP contribution in [-0.2, 0) is 0 Å². The van der Waals surface area contributed by atoms with E-state index in [0.717, 1.165) is 31.7 Å². The van der Waals surface area contributed by atoms with Crippen LogP contribution < -0.4 is 4.90 Å². The number of hydrogen-bond donors (Lipinski definition) is 1. The average molecular weight is 291 g/mol. The summed E-state index contributed by atoms with van der Waals surface area (Å²) >= 11 is 0. The molecule has 0 aromatic carbocycles. The highest BCUT2D eigenvalue weighted by molar-refractivity contribution is 5.98. The van der Waals surface area contributed by atoms with Crippen molar-refractivity contribution >= 4 is 11.7 Å². The second-order valence-electron chi connectivity index (χ2n) is 6.40. The van der Waals surface area contributed by atoms with Gasteiger partial charge in [-0.25, -0.2) is 4.98 Å². The van der Waals surface area contributed by atoms with E-state index in [1.54, 1.807) is 38.1 Å². The number of carbonyl (C=O) groups excluding carboxylic acids is 1. The van der Waals surface area contributed by atoms with Gasteiger partial charge in [0.1, 0.15) is 5.82 Å². The van der Waals surface area contributed by atoms with Crippen molar-refractivity contribution in [3.63, 3.8) is 0 Å². The van der Waals surface area contributed by atoms with Crippen LogP contribution in [0.25, 0.3) is 0 Å². The quantitative estimate of drug-likeness (QED) is 0.921. The molecule has 1 saturated heterocycles. The number of piperidine rings is 1. The zero-order chi connectivity index (χ0) is 15.5. The number of aliphatic hydroxyl groups is 1. The Morgan fingerprint density at radius 3 is 2.67 bits per heavy atom. The summed E-state index contributed by atoms with van der Waals surface area (Å²) in [5, 5.41) is 9.88. The Hall–Kier alpha value is -1.62. The molecule has 0 radical (unpaired) electrons. The van der Waals surface area contributed by atoms with E-state index < -0.39 is 5.60 Å². The standard InChI is InChI=1S/C16H25N3O2/c1-16(2,21)12-18(3)15(20)13-8-7-9-17-14(13)19-10-5-4-6-11-19/h7-9,21H,4-6,10-12H2,1-3H3. The highest BCUT2D eigenvalue weighted by Crippen LogP contribution is 2.23. The highest BCUT2D eigenvalue weighted by atomic mass is 16.3. The molecular weight excluding hydrogens is 266 g/mol. The molecule has 5 heteroatoms. The van der Waals surface area contributed by atoms with Gasteiger partial charge in [-0.3, -0.25) is 4.79 Å². The lowest BCUT2D eigenvalue weighted by Crippen LogP contribution is -2.40. The van der Waals surface area contributed by atoms with Crippen LogP contribution in [0.1, 0.15) is 43.5 Å². The van der Waals surface area contributed by atoms with Crippen LogP contribution in [0, 0.1) is 0 Å². The van der Waals surface area contributed by atoms with Crippen molar-refractivity contribution in [3.05, 3.63) is 23.9 Å². The molecule has 2 heterocycles. The molecule has 21 heavy (non-hydrogen) atoms. The summed E-state index contributed by atoms with van der Waals surface area (Å²) < 4.78 is 0. The molecule has 0 saturated carbocycles. The van der Waals surface area contributed by atoms with Crippen molar-refractivity contribution in [1.29, 1.82) is 0 Å². The Morgan fingerprint density at radius 2 is 2.05 bits per heavy atom. The number of pyridine rings is 1. The number of hydrogen-bond acceptors (Lipinski definition) is 4. The molecular formula is C16H25N3O2. The topological polar surface area (TPSA) is 56.7 Å². The Labute approximate surface area is 126 Å². The molecule has 0 atom stereocenters. The van der Waals surface area contributed by atoms with Gasteiger partial charge >= 0.3 is 0 Å². The molecule has 0 spiro atoms. The van der Waals surface area contributed by atoms with E-state index in [4.69, 9.17) is 0 Å². The van der Waals surface area contributed by atoms with Gasteiger partial charge in [0.15, 0.2) is 0 Å². The number of nitrogens with zero attached hydrogens (tertiary/aromatic N) is 3. The molecule has 2 rings (SSSR count). The number of likely N-dealkylation sites (N-methyl/N-ethyl adjacent to an activating group) is 1. The Kier molecular flexibility index (Phi) is 4.83. The first-order chi connectivity index (χ1) is 9.88. The van der Waals surface area contributed by atoms with E-state index in [0.29, 0.717) is 12.1 Å². The van der Waals surface area contributed by atoms with Crippen LogP contribution >= 0.6 is 0 Å². The lowest BCUT2D eigenvalue weighted by molar-refractivity contribution is 0.0368. The Morgan fingerprint density at radius 1 is 1.38 bits per heavy atom. The predicted octanol–water partition coefficient (Wildman–Crippen LogP) is 1.91. The maximum absolute atomic E-state index is 12.6. The van der Waals surface area contributed by atoms with E-state index in [1.807, 2.05) is 6.07 Å². The molecule has 116 valence electrons. The lowest BCUT2D eigenvalue weighted by atomic mass is 10.1. The van der Waals surface area contributed by atoms with Gasteiger partial charge in [0.05, 0.1) is 11.2 Å². The van der Waals surface area contributed by atoms with E-state index in [1.165, 1.54) is 6.42 Å². The molecule has 1 aromatic heterocycles. The second kappa shape index (κ2) is 6.43. The summed E-state index contributed by atoms with van der Waals surface area (Å²) in [6.07, 6.45) is 5.26. The molecule has 1 fully saturated rings. The number of carbonyl (C=O) groups is 1. The van der Waals surface area contributed by atoms with Crippen molar-refractivity contribution in [2.45, 2.75) is 38.7 Å². The zero-order valence-electron chi connectivity index (χ0n) is 13.2. The summed E-state index contributed by atoms with van der Waals surface area (Å²) in [6, 6.07) is 3.61. The van der Waals surface area contributed by atoms with Gasteiger partial charge in [-0.15, -0.1) is 0 Å². The van der Waals surface area contributed by atoms with Crippen LogP contribution in [0.3, 0.4) is 0 Å². The van der Waals surface area contributed by atoms with Crippen molar-refractivity contribution in [2.75, 3.05) is 31.6 Å². The third kappa shape index (κ3) is 4.17. The van der Waals surface area contributed by atoms with Crippen LogP contribution in [0.2, 0.25) is 0 Å². The van der Waals surface area contributed by atoms with E-state index in [-0.39, 0.29) is 5.91 Å². The minimum atomic E-state index is -0.905. The van der Waals surface area contributed by atoms with Crippen molar-refractivity contribution in [2.24, 2.45) is 0 Å². The maximum Gasteiger partial charge on any atom is 0.257 e. The molecule has 0 bridgehead atoms. The highest BCUT2D eigenvalue weighted by Gasteiger charge is 2.24. The number of aromatic nitrogens is 1. The Balaban J connectivity index is 2.20. The molecule has 5 nitrogen and oxygen atoms in total. The fraction of sp³-hybridized carbons (Fsp3) is 0.625. The molecule has 1 aliphatic heterocycles. The zero-order valence-corrected chi connectivity index (χ0v) is 13.2. The van der Waals surface area contributed by atoms with Gasteiger partial charge in [-0.1, -0.05) is 0 Å². The Bertz CT molecular complexity index is 491. The van der Waals surface area contributed by atoms with E-state index >= 15 is 0 Å². The predicted molar refractivity (Wildman–Crippen MR) is 83.6 cm³/mol. The van der Waals surface area contributed by atoms with Crippen LogP contribution in [0.15, 0.2) is 18.3 Å². The summed E-state index contributed by atoms with van der Waals surface area (Å²) in [6.45, 7) is 5.59. The molecule has 1 amide bonds. The third-order valence-electron chi connectivity index (χ3n) is 3.64. The molecule has 1 aliphatic rings. The number of rotatable bonds is 4. The first kappa shape index (κ1) is 15.8. The first-order valence-corrected chi connectivity index (χ1v) is 7.56. The normalized spacial score (nSPS) is 15.9. The van der Waals surface area contributed by atoms with Gasteiger partial charge in [-0.2, -0.15) is 0 Å². The summed E-state index contributed by atoms with van der Waals surface area (Å²) in [5.41, 5.74) is -0.288. The van der Waals surface area contributed by atoms with Gasteiger partial charge in [0, 0.05) is 32.9 Å². The van der Waals surface area contributed by atoms with Gasteiger partial charge in [0.25, 0.3) is 5.91 Å². The average Bonchev–Trinajstić information content (AvgIpc) is 2.45. The van der Waals surface area contributed by atoms with Crippen molar-refractivity contribution in [1.82, 2.24) is 9.88 Å². The van der Waals surface area contributed by atoms with Crippen molar-refractivity contribution < 1.29 is 9.90 Å². The molecule has 0 aliphatic carbocycles. The monoisotopic (exact) mass is 291 g/mol. The fourth-order valence-electron chi connectivity index (χ4n) is 2.78. The van der Waals surface area contributed by atoms with E-state index in [9.17, 15) is 9.90 Å². The molecule has 0 unspecified atom stereocenters. The number of anilines is 1. The molecule has 1 aromatic rings. The minimum Gasteiger partial charge on any atom is -0.389 e. The first-order valence-electron chi connectivity index (χ1n) is 7.56. The maximum atomic E-state index is 12.6. The largest absolute Gasteiger partial charge is 0.389 e. The van der Waals surface area contributed by atoms with E-state index in [2.05, 4.69) is 9.88 Å². The van der Waals surface area contributed by atoms with Gasteiger partial charge in [-0.05, 0) is 45.2 Å². The van der Waals surface area contributed by atoms with Gasteiger partial charge in [0.2, 0.25) is 0 Å². The number of amides is 1. The van der Waals surface area contributed by atoms with Gasteiger partial charge < -0.3 is 14.9 Å². The fourth-order valence-corrected chi connectivity index (χ4v) is 2.78. The lowest BCUT2D eigenvalue weighted by Gasteiger charge is -2.31. The SMILES string of the molecule is CN(CC(C)(C)O)C(=O)c1cccnc1N1CCCCC1. The third-order valence-corrected chi connectivity index (χ3v) is 3.64. The summed E-state index contributed by atoms with van der Waals surface area (Å²) in [7, 11) is 1.72.